The summed E-state index contributed by atoms with van der Waals surface area (Å²) < 4.78 is 22.7. The van der Waals surface area contributed by atoms with Gasteiger partial charge in [-0.1, -0.05) is 12.8 Å². The summed E-state index contributed by atoms with van der Waals surface area (Å²) in [6.45, 7) is 1.27. The fourth-order valence-corrected chi connectivity index (χ4v) is 4.18. The van der Waals surface area contributed by atoms with Gasteiger partial charge in [0.15, 0.2) is 9.84 Å². The maximum absolute atomic E-state index is 12.4. The van der Waals surface area contributed by atoms with Crippen LogP contribution >= 0.6 is 0 Å². The Kier molecular flexibility index (Phi) is 4.27. The number of rotatable bonds is 2. The van der Waals surface area contributed by atoms with Gasteiger partial charge in [-0.15, -0.1) is 0 Å². The molecule has 0 bridgehead atoms. The Morgan fingerprint density at radius 1 is 1.17 bits per heavy atom. The van der Waals surface area contributed by atoms with Crippen molar-refractivity contribution in [3.63, 3.8) is 0 Å². The van der Waals surface area contributed by atoms with Crippen molar-refractivity contribution in [3.8, 4) is 0 Å². The van der Waals surface area contributed by atoms with E-state index in [2.05, 4.69) is 0 Å². The van der Waals surface area contributed by atoms with E-state index >= 15 is 0 Å². The second-order valence-electron chi connectivity index (χ2n) is 5.36. The summed E-state index contributed by atoms with van der Waals surface area (Å²) in [4.78, 5) is 14.1. The van der Waals surface area contributed by atoms with Gasteiger partial charge in [0.2, 0.25) is 5.91 Å². The molecule has 5 nitrogen and oxygen atoms in total. The van der Waals surface area contributed by atoms with Crippen LogP contribution in [-0.2, 0) is 14.6 Å². The fraction of sp³-hybridized carbons (Fsp3) is 0.917. The molecular formula is C12H22N2O3S. The molecule has 0 aromatic carbocycles. The first kappa shape index (κ1) is 13.8. The minimum absolute atomic E-state index is 0.0181. The molecule has 2 rings (SSSR count). The lowest BCUT2D eigenvalue weighted by atomic mass is 9.78. The first-order chi connectivity index (χ1) is 8.53. The van der Waals surface area contributed by atoms with Gasteiger partial charge in [-0.3, -0.25) is 4.79 Å². The third kappa shape index (κ3) is 3.03. The van der Waals surface area contributed by atoms with E-state index in [1.807, 2.05) is 0 Å². The average Bonchev–Trinajstić information content (AvgIpc) is 2.38. The van der Waals surface area contributed by atoms with E-state index in [9.17, 15) is 13.2 Å². The van der Waals surface area contributed by atoms with Crippen LogP contribution in [0.1, 0.15) is 25.7 Å². The first-order valence-electron chi connectivity index (χ1n) is 6.73. The lowest BCUT2D eigenvalue weighted by molar-refractivity contribution is -0.138. The van der Waals surface area contributed by atoms with Gasteiger partial charge in [0.25, 0.3) is 0 Å². The first-order valence-corrected chi connectivity index (χ1v) is 8.55. The molecule has 1 amide bonds. The van der Waals surface area contributed by atoms with E-state index in [1.165, 1.54) is 0 Å². The van der Waals surface area contributed by atoms with Crippen molar-refractivity contribution >= 4 is 15.7 Å². The van der Waals surface area contributed by atoms with Gasteiger partial charge in [-0.2, -0.15) is 0 Å². The molecule has 2 fully saturated rings. The Bertz CT molecular complexity index is 394. The summed E-state index contributed by atoms with van der Waals surface area (Å²) >= 11 is 0. The van der Waals surface area contributed by atoms with Crippen molar-refractivity contribution in [3.05, 3.63) is 0 Å². The van der Waals surface area contributed by atoms with Crippen molar-refractivity contribution < 1.29 is 13.2 Å². The van der Waals surface area contributed by atoms with Crippen molar-refractivity contribution in [2.75, 3.05) is 31.1 Å². The van der Waals surface area contributed by atoms with Gasteiger partial charge in [0.05, 0.1) is 11.5 Å². The molecule has 2 unspecified atom stereocenters. The summed E-state index contributed by atoms with van der Waals surface area (Å²) in [5.41, 5.74) is 5.74. The lowest BCUT2D eigenvalue weighted by Crippen LogP contribution is -2.48. The molecule has 6 heteroatoms. The van der Waals surface area contributed by atoms with Crippen LogP contribution in [0.4, 0.5) is 0 Å². The summed E-state index contributed by atoms with van der Waals surface area (Å²) in [7, 11) is -2.92. The number of hydrogen-bond acceptors (Lipinski definition) is 4. The van der Waals surface area contributed by atoms with Crippen LogP contribution in [0.3, 0.4) is 0 Å². The number of sulfone groups is 1. The molecule has 1 aliphatic heterocycles. The molecule has 2 N–H and O–H groups in total. The predicted molar refractivity (Wildman–Crippen MR) is 69.7 cm³/mol. The fourth-order valence-electron chi connectivity index (χ4n) is 2.98. The smallest absolute Gasteiger partial charge is 0.226 e. The van der Waals surface area contributed by atoms with E-state index in [0.717, 1.165) is 25.7 Å². The molecule has 2 aliphatic rings. The van der Waals surface area contributed by atoms with Crippen LogP contribution in [0.25, 0.3) is 0 Å². The maximum atomic E-state index is 12.4. The lowest BCUT2D eigenvalue weighted by Gasteiger charge is -2.35. The third-order valence-corrected chi connectivity index (χ3v) is 5.79. The predicted octanol–water partition coefficient (Wildman–Crippen LogP) is 0.00850. The van der Waals surface area contributed by atoms with E-state index in [4.69, 9.17) is 5.73 Å². The van der Waals surface area contributed by atoms with Gasteiger partial charge in [-0.25, -0.2) is 8.42 Å². The SMILES string of the molecule is NCC1CCCCC1C(=O)N1CCS(=O)(=O)CC1. The van der Waals surface area contributed by atoms with Gasteiger partial charge < -0.3 is 10.6 Å². The van der Waals surface area contributed by atoms with Crippen LogP contribution in [0.15, 0.2) is 0 Å². The molecule has 1 heterocycles. The van der Waals surface area contributed by atoms with Crippen LogP contribution in [0.2, 0.25) is 0 Å². The molecule has 18 heavy (non-hydrogen) atoms. The number of carbonyl (C=O) groups excluding carboxylic acids is 1. The number of hydrogen-bond donors (Lipinski definition) is 1. The van der Waals surface area contributed by atoms with Gasteiger partial charge >= 0.3 is 0 Å². The highest BCUT2D eigenvalue weighted by molar-refractivity contribution is 7.91. The molecule has 104 valence electrons. The molecule has 0 aromatic rings. The highest BCUT2D eigenvalue weighted by Gasteiger charge is 2.35. The molecule has 1 aliphatic carbocycles. The van der Waals surface area contributed by atoms with Gasteiger partial charge in [0.1, 0.15) is 0 Å². The Balaban J connectivity index is 1.98. The topological polar surface area (TPSA) is 80.5 Å². The van der Waals surface area contributed by atoms with Crippen molar-refractivity contribution in [2.24, 2.45) is 17.6 Å². The summed E-state index contributed by atoms with van der Waals surface area (Å²) in [5, 5.41) is 0. The third-order valence-electron chi connectivity index (χ3n) is 4.19. The van der Waals surface area contributed by atoms with Crippen LogP contribution in [0, 0.1) is 11.8 Å². The minimum atomic E-state index is -2.92. The second-order valence-corrected chi connectivity index (χ2v) is 7.67. The number of nitrogens with zero attached hydrogens (tertiary/aromatic N) is 1. The Hall–Kier alpha value is -0.620. The average molecular weight is 274 g/mol. The highest BCUT2D eigenvalue weighted by atomic mass is 32.2. The molecule has 0 radical (unpaired) electrons. The van der Waals surface area contributed by atoms with Crippen LogP contribution in [0.5, 0.6) is 0 Å². The summed E-state index contributed by atoms with van der Waals surface area (Å²) in [6.07, 6.45) is 4.17. The number of carbonyl (C=O) groups is 1. The van der Waals surface area contributed by atoms with E-state index in [0.29, 0.717) is 19.6 Å². The van der Waals surface area contributed by atoms with Crippen LogP contribution < -0.4 is 5.73 Å². The Labute approximate surface area is 109 Å². The van der Waals surface area contributed by atoms with E-state index in [-0.39, 0.29) is 29.2 Å². The molecule has 1 saturated heterocycles. The zero-order valence-electron chi connectivity index (χ0n) is 10.7. The van der Waals surface area contributed by atoms with Crippen molar-refractivity contribution in [1.29, 1.82) is 0 Å². The highest BCUT2D eigenvalue weighted by Crippen LogP contribution is 2.31. The standard InChI is InChI=1S/C12H22N2O3S/c13-9-10-3-1-2-4-11(10)12(15)14-5-7-18(16,17)8-6-14/h10-11H,1-9,13H2. The van der Waals surface area contributed by atoms with E-state index < -0.39 is 9.84 Å². The zero-order chi connectivity index (χ0) is 13.2. The quantitative estimate of drug-likeness (QED) is 0.769. The molecule has 2 atom stereocenters. The van der Waals surface area contributed by atoms with Gasteiger partial charge in [0, 0.05) is 19.0 Å². The summed E-state index contributed by atoms with van der Waals surface area (Å²) in [5.74, 6) is 0.645. The van der Waals surface area contributed by atoms with Gasteiger partial charge in [-0.05, 0) is 25.3 Å². The number of amides is 1. The maximum Gasteiger partial charge on any atom is 0.226 e. The Morgan fingerprint density at radius 3 is 2.39 bits per heavy atom. The zero-order valence-corrected chi connectivity index (χ0v) is 11.5. The molecule has 1 saturated carbocycles. The summed E-state index contributed by atoms with van der Waals surface area (Å²) in [6, 6.07) is 0. The molecule has 0 aromatic heterocycles. The Morgan fingerprint density at radius 2 is 1.78 bits per heavy atom. The monoisotopic (exact) mass is 274 g/mol. The second kappa shape index (κ2) is 5.57. The molecule has 0 spiro atoms. The largest absolute Gasteiger partial charge is 0.340 e. The number of nitrogens with two attached hydrogens (primary N) is 1. The minimum Gasteiger partial charge on any atom is -0.340 e. The van der Waals surface area contributed by atoms with Crippen LogP contribution in [-0.4, -0.2) is 50.4 Å². The van der Waals surface area contributed by atoms with E-state index in [1.54, 1.807) is 4.90 Å². The normalized spacial score (nSPS) is 32.2. The van der Waals surface area contributed by atoms with Crippen molar-refractivity contribution in [2.45, 2.75) is 25.7 Å². The molecular weight excluding hydrogens is 252 g/mol. The van der Waals surface area contributed by atoms with Crippen molar-refractivity contribution in [1.82, 2.24) is 4.90 Å².